The Hall–Kier alpha value is -4.06. The first-order chi connectivity index (χ1) is 19.0. The van der Waals surface area contributed by atoms with Gasteiger partial charge in [-0.1, -0.05) is 69.2 Å². The molecule has 1 atom stereocenters. The molecule has 0 aromatic heterocycles. The van der Waals surface area contributed by atoms with E-state index in [1.807, 2.05) is 61.5 Å². The molecule has 0 aliphatic carbocycles. The third kappa shape index (κ3) is 6.88. The molecule has 3 aromatic carbocycles. The van der Waals surface area contributed by atoms with Crippen molar-refractivity contribution in [2.24, 2.45) is 0 Å². The highest BCUT2D eigenvalue weighted by atomic mass is 16.5. The average Bonchev–Trinajstić information content (AvgIpc) is 3.23. The van der Waals surface area contributed by atoms with Gasteiger partial charge in [-0.25, -0.2) is 0 Å². The lowest BCUT2D eigenvalue weighted by Crippen LogP contribution is -2.31. The summed E-state index contributed by atoms with van der Waals surface area (Å²) in [6.07, 6.45) is 4.70. The summed E-state index contributed by atoms with van der Waals surface area (Å²) in [4.78, 5) is 28.2. The molecule has 1 unspecified atom stereocenters. The number of nitrogens with zero attached hydrogens (tertiary/aromatic N) is 1. The topological polar surface area (TPSA) is 76.1 Å². The zero-order valence-corrected chi connectivity index (χ0v) is 22.8. The number of ketones is 1. The molecule has 1 amide bonds. The number of aliphatic hydroxyl groups excluding tert-OH is 1. The minimum Gasteiger partial charge on any atom is -0.507 e. The van der Waals surface area contributed by atoms with Gasteiger partial charge in [0.2, 0.25) is 0 Å². The number of carbonyl (C=O) groups is 2. The number of unbranched alkanes of at least 4 members (excludes halogenated alkanes) is 2. The second kappa shape index (κ2) is 13.7. The fourth-order valence-electron chi connectivity index (χ4n) is 4.72. The second-order valence-electron chi connectivity index (χ2n) is 9.73. The Morgan fingerprint density at radius 3 is 2.08 bits per heavy atom. The highest BCUT2D eigenvalue weighted by Crippen LogP contribution is 2.40. The van der Waals surface area contributed by atoms with Gasteiger partial charge in [-0.15, -0.1) is 0 Å². The van der Waals surface area contributed by atoms with E-state index in [1.165, 1.54) is 0 Å². The molecule has 0 bridgehead atoms. The number of amides is 1. The number of carbonyl (C=O) groups excluding carboxylic acids is 2. The van der Waals surface area contributed by atoms with Crippen molar-refractivity contribution in [1.82, 2.24) is 4.90 Å². The molecule has 4 rings (SSSR count). The Morgan fingerprint density at radius 1 is 0.795 bits per heavy atom. The first kappa shape index (κ1) is 28.0. The van der Waals surface area contributed by atoms with Crippen molar-refractivity contribution in [3.63, 3.8) is 0 Å². The number of benzene rings is 3. The summed E-state index contributed by atoms with van der Waals surface area (Å²) in [5, 5.41) is 11.3. The van der Waals surface area contributed by atoms with E-state index in [0.29, 0.717) is 37.5 Å². The van der Waals surface area contributed by atoms with E-state index in [1.54, 1.807) is 29.2 Å². The van der Waals surface area contributed by atoms with Crippen LogP contribution in [0, 0.1) is 0 Å². The Balaban J connectivity index is 1.66. The molecule has 6 nitrogen and oxygen atoms in total. The lowest BCUT2D eigenvalue weighted by atomic mass is 9.95. The number of Topliss-reactive ketones (excluding diaryl/α,β-unsaturated/α-hetero) is 1. The van der Waals surface area contributed by atoms with Gasteiger partial charge < -0.3 is 19.5 Å². The van der Waals surface area contributed by atoms with E-state index in [0.717, 1.165) is 42.6 Å². The average molecular weight is 528 g/mol. The van der Waals surface area contributed by atoms with Crippen LogP contribution in [0.1, 0.15) is 62.3 Å². The molecule has 0 saturated carbocycles. The van der Waals surface area contributed by atoms with Gasteiger partial charge in [0.05, 0.1) is 24.8 Å². The van der Waals surface area contributed by atoms with E-state index in [-0.39, 0.29) is 11.3 Å². The number of hydrogen-bond donors (Lipinski definition) is 1. The predicted octanol–water partition coefficient (Wildman–Crippen LogP) is 6.71. The summed E-state index contributed by atoms with van der Waals surface area (Å²) in [5.41, 5.74) is 2.36. The molecule has 1 heterocycles. The molecule has 3 aromatic rings. The molecule has 1 saturated heterocycles. The highest BCUT2D eigenvalue weighted by Gasteiger charge is 2.45. The van der Waals surface area contributed by atoms with Crippen LogP contribution < -0.4 is 9.47 Å². The zero-order chi connectivity index (χ0) is 27.6. The maximum absolute atomic E-state index is 13.3. The number of ether oxygens (including phenoxy) is 2. The van der Waals surface area contributed by atoms with Gasteiger partial charge in [0, 0.05) is 12.1 Å². The van der Waals surface area contributed by atoms with E-state index >= 15 is 0 Å². The lowest BCUT2D eigenvalue weighted by Gasteiger charge is -2.25. The maximum atomic E-state index is 13.3. The van der Waals surface area contributed by atoms with Gasteiger partial charge in [-0.3, -0.25) is 9.59 Å². The summed E-state index contributed by atoms with van der Waals surface area (Å²) in [5.74, 6) is -0.0684. The molecule has 1 N–H and O–H groups in total. The first-order valence-electron chi connectivity index (χ1n) is 13.8. The molecular formula is C33H37NO5. The van der Waals surface area contributed by atoms with Crippen LogP contribution in [0.4, 0.5) is 0 Å². The molecule has 6 heteroatoms. The molecule has 0 radical (unpaired) electrons. The summed E-state index contributed by atoms with van der Waals surface area (Å²) in [6, 6.07) is 23.5. The lowest BCUT2D eigenvalue weighted by molar-refractivity contribution is -0.139. The molecule has 1 aliphatic rings. The number of likely N-dealkylation sites (tertiary alicyclic amines) is 1. The molecule has 39 heavy (non-hydrogen) atoms. The normalized spacial score (nSPS) is 16.5. The van der Waals surface area contributed by atoms with Crippen molar-refractivity contribution in [3.8, 4) is 11.5 Å². The van der Waals surface area contributed by atoms with Crippen LogP contribution in [0.5, 0.6) is 11.5 Å². The van der Waals surface area contributed by atoms with Gasteiger partial charge >= 0.3 is 0 Å². The van der Waals surface area contributed by atoms with Crippen LogP contribution in [-0.2, 0) is 16.0 Å². The van der Waals surface area contributed by atoms with Crippen LogP contribution >= 0.6 is 0 Å². The Morgan fingerprint density at radius 2 is 1.44 bits per heavy atom. The van der Waals surface area contributed by atoms with E-state index in [2.05, 4.69) is 6.92 Å². The minimum atomic E-state index is -0.709. The second-order valence-corrected chi connectivity index (χ2v) is 9.73. The third-order valence-electron chi connectivity index (χ3n) is 6.84. The van der Waals surface area contributed by atoms with Crippen LogP contribution in [0.2, 0.25) is 0 Å². The van der Waals surface area contributed by atoms with E-state index in [9.17, 15) is 14.7 Å². The van der Waals surface area contributed by atoms with Gasteiger partial charge in [-0.05, 0) is 66.8 Å². The van der Waals surface area contributed by atoms with Crippen molar-refractivity contribution in [2.75, 3.05) is 19.8 Å². The molecular weight excluding hydrogens is 490 g/mol. The van der Waals surface area contributed by atoms with Gasteiger partial charge in [-0.2, -0.15) is 0 Å². The number of aliphatic hydroxyl groups is 1. The van der Waals surface area contributed by atoms with Gasteiger partial charge in [0.15, 0.2) is 0 Å². The quantitative estimate of drug-likeness (QED) is 0.116. The van der Waals surface area contributed by atoms with Crippen molar-refractivity contribution < 1.29 is 24.2 Å². The number of hydrogen-bond acceptors (Lipinski definition) is 5. The molecule has 1 aliphatic heterocycles. The SMILES string of the molecule is CCCCCOc1ccc(C2C(=C(O)c3ccc(OCCC)cc3)C(=O)C(=O)N2CCc2ccccc2)cc1. The Kier molecular flexibility index (Phi) is 9.79. The Labute approximate surface area is 230 Å². The van der Waals surface area contributed by atoms with Gasteiger partial charge in [0.25, 0.3) is 11.7 Å². The summed E-state index contributed by atoms with van der Waals surface area (Å²) < 4.78 is 11.5. The highest BCUT2D eigenvalue weighted by molar-refractivity contribution is 6.46. The van der Waals surface area contributed by atoms with Crippen LogP contribution in [-0.4, -0.2) is 41.5 Å². The third-order valence-corrected chi connectivity index (χ3v) is 6.84. The summed E-state index contributed by atoms with van der Waals surface area (Å²) in [6.45, 7) is 5.76. The zero-order valence-electron chi connectivity index (χ0n) is 22.8. The monoisotopic (exact) mass is 527 g/mol. The minimum absolute atomic E-state index is 0.0897. The predicted molar refractivity (Wildman–Crippen MR) is 153 cm³/mol. The smallest absolute Gasteiger partial charge is 0.295 e. The van der Waals surface area contributed by atoms with Crippen LogP contribution in [0.25, 0.3) is 5.76 Å². The largest absolute Gasteiger partial charge is 0.507 e. The van der Waals surface area contributed by atoms with Crippen molar-refractivity contribution in [2.45, 2.75) is 52.0 Å². The first-order valence-corrected chi connectivity index (χ1v) is 13.8. The van der Waals surface area contributed by atoms with Crippen molar-refractivity contribution in [1.29, 1.82) is 0 Å². The Bertz CT molecular complexity index is 1270. The molecule has 1 fully saturated rings. The van der Waals surface area contributed by atoms with E-state index < -0.39 is 17.7 Å². The molecule has 0 spiro atoms. The van der Waals surface area contributed by atoms with E-state index in [4.69, 9.17) is 9.47 Å². The van der Waals surface area contributed by atoms with Crippen molar-refractivity contribution in [3.05, 3.63) is 101 Å². The fraction of sp³-hybridized carbons (Fsp3) is 0.333. The maximum Gasteiger partial charge on any atom is 0.295 e. The van der Waals surface area contributed by atoms with Crippen molar-refractivity contribution >= 4 is 17.4 Å². The fourth-order valence-corrected chi connectivity index (χ4v) is 4.72. The van der Waals surface area contributed by atoms with Crippen LogP contribution in [0.15, 0.2) is 84.4 Å². The number of rotatable bonds is 13. The molecule has 204 valence electrons. The van der Waals surface area contributed by atoms with Gasteiger partial charge in [0.1, 0.15) is 17.3 Å². The standard InChI is InChI=1S/C33H37NO5/c1-3-5-9-23-39-28-16-12-25(13-17-28)30-29(31(35)26-14-18-27(19-15-26)38-22-4-2)32(36)33(37)34(30)21-20-24-10-7-6-8-11-24/h6-8,10-19,30,35H,3-5,9,20-23H2,1-2H3. The van der Waals surface area contributed by atoms with Crippen LogP contribution in [0.3, 0.4) is 0 Å². The summed E-state index contributed by atoms with van der Waals surface area (Å²) in [7, 11) is 0. The summed E-state index contributed by atoms with van der Waals surface area (Å²) >= 11 is 0.